The standard InChI is InChI=1S/C13H8BrClO2S/c14-8-1-3-9(4-2-8)18-10-5-6-11(13(16)17)12(15)7-10/h1-7H,(H,16,17). The van der Waals surface area contributed by atoms with Crippen molar-refractivity contribution in [1.82, 2.24) is 0 Å². The van der Waals surface area contributed by atoms with Gasteiger partial charge in [0.1, 0.15) is 0 Å². The van der Waals surface area contributed by atoms with Crippen LogP contribution < -0.4 is 0 Å². The van der Waals surface area contributed by atoms with Crippen LogP contribution in [0.1, 0.15) is 10.4 Å². The first-order valence-corrected chi connectivity index (χ1v) is 7.01. The zero-order valence-corrected chi connectivity index (χ0v) is 12.2. The SMILES string of the molecule is O=C(O)c1ccc(Sc2ccc(Br)cc2)cc1Cl. The fraction of sp³-hybridized carbons (Fsp3) is 0. The number of halogens is 2. The van der Waals surface area contributed by atoms with Crippen molar-refractivity contribution in [1.29, 1.82) is 0 Å². The Hall–Kier alpha value is -0.970. The van der Waals surface area contributed by atoms with E-state index in [0.717, 1.165) is 14.3 Å². The summed E-state index contributed by atoms with van der Waals surface area (Å²) in [7, 11) is 0. The molecular weight excluding hydrogens is 336 g/mol. The Balaban J connectivity index is 2.22. The van der Waals surface area contributed by atoms with Crippen molar-refractivity contribution in [3.63, 3.8) is 0 Å². The molecule has 0 aromatic heterocycles. The summed E-state index contributed by atoms with van der Waals surface area (Å²) >= 11 is 10.8. The van der Waals surface area contributed by atoms with E-state index >= 15 is 0 Å². The maximum Gasteiger partial charge on any atom is 0.337 e. The maximum atomic E-state index is 10.8. The van der Waals surface area contributed by atoms with Crippen LogP contribution in [0.25, 0.3) is 0 Å². The number of rotatable bonds is 3. The molecule has 2 nitrogen and oxygen atoms in total. The van der Waals surface area contributed by atoms with Gasteiger partial charge in [-0.1, -0.05) is 39.3 Å². The van der Waals surface area contributed by atoms with Gasteiger partial charge >= 0.3 is 5.97 Å². The van der Waals surface area contributed by atoms with E-state index in [2.05, 4.69) is 15.9 Å². The Morgan fingerprint density at radius 2 is 1.72 bits per heavy atom. The Bertz CT molecular complexity index is 584. The molecule has 1 N–H and O–H groups in total. The summed E-state index contributed by atoms with van der Waals surface area (Å²) in [6.45, 7) is 0. The second-order valence-electron chi connectivity index (χ2n) is 3.50. The molecule has 0 spiro atoms. The highest BCUT2D eigenvalue weighted by molar-refractivity contribution is 9.10. The minimum atomic E-state index is -1.01. The van der Waals surface area contributed by atoms with Gasteiger partial charge in [0.2, 0.25) is 0 Å². The fourth-order valence-corrected chi connectivity index (χ4v) is 2.82. The molecule has 0 heterocycles. The van der Waals surface area contributed by atoms with Crippen LogP contribution in [0.3, 0.4) is 0 Å². The molecule has 2 aromatic rings. The molecule has 5 heteroatoms. The van der Waals surface area contributed by atoms with Gasteiger partial charge in [0.25, 0.3) is 0 Å². The number of hydrogen-bond donors (Lipinski definition) is 1. The Morgan fingerprint density at radius 3 is 2.28 bits per heavy atom. The van der Waals surface area contributed by atoms with Crippen LogP contribution >= 0.6 is 39.3 Å². The third-order valence-electron chi connectivity index (χ3n) is 2.22. The molecule has 0 saturated carbocycles. The molecule has 0 saturated heterocycles. The van der Waals surface area contributed by atoms with Crippen molar-refractivity contribution in [3.05, 3.63) is 57.5 Å². The zero-order chi connectivity index (χ0) is 13.1. The molecule has 0 radical (unpaired) electrons. The van der Waals surface area contributed by atoms with Crippen LogP contribution in [0.2, 0.25) is 5.02 Å². The number of carboxylic acid groups (broad SMARTS) is 1. The van der Waals surface area contributed by atoms with Crippen LogP contribution in [0, 0.1) is 0 Å². The van der Waals surface area contributed by atoms with E-state index in [0.29, 0.717) is 0 Å². The maximum absolute atomic E-state index is 10.8. The number of carboxylic acids is 1. The predicted octanol–water partition coefficient (Wildman–Crippen LogP) is 4.95. The van der Waals surface area contributed by atoms with E-state index in [-0.39, 0.29) is 10.6 Å². The topological polar surface area (TPSA) is 37.3 Å². The summed E-state index contributed by atoms with van der Waals surface area (Å²) in [6.07, 6.45) is 0. The normalized spacial score (nSPS) is 10.3. The molecule has 2 rings (SSSR count). The molecular formula is C13H8BrClO2S. The Morgan fingerprint density at radius 1 is 1.11 bits per heavy atom. The highest BCUT2D eigenvalue weighted by Gasteiger charge is 2.09. The van der Waals surface area contributed by atoms with E-state index in [4.69, 9.17) is 16.7 Å². The molecule has 0 aliphatic heterocycles. The van der Waals surface area contributed by atoms with Crippen molar-refractivity contribution in [2.45, 2.75) is 9.79 Å². The number of aromatic carboxylic acids is 1. The lowest BCUT2D eigenvalue weighted by Gasteiger charge is -2.04. The van der Waals surface area contributed by atoms with Gasteiger partial charge in [0.05, 0.1) is 10.6 Å². The lowest BCUT2D eigenvalue weighted by molar-refractivity contribution is 0.0697. The van der Waals surface area contributed by atoms with Gasteiger partial charge in [0, 0.05) is 14.3 Å². The summed E-state index contributed by atoms with van der Waals surface area (Å²) in [5.74, 6) is -1.01. The summed E-state index contributed by atoms with van der Waals surface area (Å²) in [5, 5.41) is 9.13. The van der Waals surface area contributed by atoms with Gasteiger partial charge in [-0.05, 0) is 42.5 Å². The van der Waals surface area contributed by atoms with E-state index in [1.807, 2.05) is 24.3 Å². The quantitative estimate of drug-likeness (QED) is 0.856. The molecule has 2 aromatic carbocycles. The van der Waals surface area contributed by atoms with Crippen molar-refractivity contribution in [3.8, 4) is 0 Å². The Labute approximate surface area is 122 Å². The number of benzene rings is 2. The minimum absolute atomic E-state index is 0.122. The summed E-state index contributed by atoms with van der Waals surface area (Å²) in [6, 6.07) is 12.8. The molecule has 0 aliphatic carbocycles. The number of carbonyl (C=O) groups is 1. The van der Waals surface area contributed by atoms with Crippen molar-refractivity contribution in [2.24, 2.45) is 0 Å². The smallest absolute Gasteiger partial charge is 0.337 e. The minimum Gasteiger partial charge on any atom is -0.478 e. The lowest BCUT2D eigenvalue weighted by atomic mass is 10.2. The fourth-order valence-electron chi connectivity index (χ4n) is 1.37. The van der Waals surface area contributed by atoms with Gasteiger partial charge in [-0.2, -0.15) is 0 Å². The van der Waals surface area contributed by atoms with Gasteiger partial charge in [0.15, 0.2) is 0 Å². The molecule has 0 bridgehead atoms. The zero-order valence-electron chi connectivity index (χ0n) is 9.06. The lowest BCUT2D eigenvalue weighted by Crippen LogP contribution is -1.96. The summed E-state index contributed by atoms with van der Waals surface area (Å²) in [5.41, 5.74) is 0.122. The molecule has 0 unspecified atom stereocenters. The van der Waals surface area contributed by atoms with Gasteiger partial charge in [-0.25, -0.2) is 4.79 Å². The van der Waals surface area contributed by atoms with Gasteiger partial charge in [-0.3, -0.25) is 0 Å². The van der Waals surface area contributed by atoms with Crippen molar-refractivity contribution < 1.29 is 9.90 Å². The summed E-state index contributed by atoms with van der Waals surface area (Å²) in [4.78, 5) is 12.8. The molecule has 18 heavy (non-hydrogen) atoms. The molecule has 0 amide bonds. The van der Waals surface area contributed by atoms with Gasteiger partial charge in [-0.15, -0.1) is 0 Å². The second-order valence-corrected chi connectivity index (χ2v) is 5.97. The van der Waals surface area contributed by atoms with Crippen LogP contribution in [0.15, 0.2) is 56.7 Å². The van der Waals surface area contributed by atoms with E-state index in [1.165, 1.54) is 17.8 Å². The highest BCUT2D eigenvalue weighted by atomic mass is 79.9. The first kappa shape index (κ1) is 13.5. The highest BCUT2D eigenvalue weighted by Crippen LogP contribution is 2.31. The van der Waals surface area contributed by atoms with E-state index in [9.17, 15) is 4.79 Å². The van der Waals surface area contributed by atoms with Crippen LogP contribution in [0.5, 0.6) is 0 Å². The molecule has 0 fully saturated rings. The van der Waals surface area contributed by atoms with E-state index < -0.39 is 5.97 Å². The average molecular weight is 344 g/mol. The average Bonchev–Trinajstić information content (AvgIpc) is 2.32. The summed E-state index contributed by atoms with van der Waals surface area (Å²) < 4.78 is 1.02. The Kier molecular flexibility index (Phi) is 4.32. The van der Waals surface area contributed by atoms with Crippen molar-refractivity contribution >= 4 is 45.3 Å². The third kappa shape index (κ3) is 3.28. The van der Waals surface area contributed by atoms with Crippen LogP contribution in [-0.2, 0) is 0 Å². The second kappa shape index (κ2) is 5.78. The van der Waals surface area contributed by atoms with Crippen LogP contribution in [0.4, 0.5) is 0 Å². The van der Waals surface area contributed by atoms with Gasteiger partial charge < -0.3 is 5.11 Å². The predicted molar refractivity (Wildman–Crippen MR) is 76.7 cm³/mol. The van der Waals surface area contributed by atoms with Crippen LogP contribution in [-0.4, -0.2) is 11.1 Å². The first-order valence-electron chi connectivity index (χ1n) is 5.02. The third-order valence-corrected chi connectivity index (χ3v) is 4.06. The molecule has 92 valence electrons. The first-order chi connectivity index (χ1) is 8.56. The molecule has 0 atom stereocenters. The largest absolute Gasteiger partial charge is 0.478 e. The van der Waals surface area contributed by atoms with Crippen molar-refractivity contribution in [2.75, 3.05) is 0 Å². The monoisotopic (exact) mass is 342 g/mol. The molecule has 0 aliphatic rings. The van der Waals surface area contributed by atoms with E-state index in [1.54, 1.807) is 12.1 Å². The number of hydrogen-bond acceptors (Lipinski definition) is 2.